The predicted molar refractivity (Wildman–Crippen MR) is 97.2 cm³/mol. The molecule has 0 bridgehead atoms. The monoisotopic (exact) mass is 376 g/mol. The van der Waals surface area contributed by atoms with Crippen LogP contribution in [-0.2, 0) is 10.5 Å². The molecule has 2 aromatic carbocycles. The molecule has 0 aromatic heterocycles. The molecule has 5 heteroatoms. The van der Waals surface area contributed by atoms with Crippen molar-refractivity contribution in [1.82, 2.24) is 5.43 Å². The molecule has 1 amide bonds. The number of hydrazone groups is 1. The first-order chi connectivity index (χ1) is 10.6. The molecule has 0 saturated carbocycles. The van der Waals surface area contributed by atoms with E-state index >= 15 is 0 Å². The van der Waals surface area contributed by atoms with Gasteiger partial charge in [-0.25, -0.2) is 5.43 Å². The van der Waals surface area contributed by atoms with E-state index in [-0.39, 0.29) is 5.91 Å². The van der Waals surface area contributed by atoms with E-state index in [1.807, 2.05) is 36.4 Å². The Labute approximate surface area is 143 Å². The van der Waals surface area contributed by atoms with E-state index < -0.39 is 0 Å². The molecule has 0 fully saturated rings. The van der Waals surface area contributed by atoms with Crippen LogP contribution in [-0.4, -0.2) is 17.9 Å². The Morgan fingerprint density at radius 1 is 1.23 bits per heavy atom. The minimum Gasteiger partial charge on any atom is -0.272 e. The second-order valence-electron chi connectivity index (χ2n) is 4.76. The van der Waals surface area contributed by atoms with E-state index in [0.717, 1.165) is 15.8 Å². The molecule has 0 aliphatic heterocycles. The Bertz CT molecular complexity index is 656. The fraction of sp³-hybridized carbons (Fsp3) is 0.176. The number of thioether (sulfide) groups is 1. The van der Waals surface area contributed by atoms with Gasteiger partial charge in [0, 0.05) is 10.2 Å². The lowest BCUT2D eigenvalue weighted by atomic mass is 10.1. The lowest BCUT2D eigenvalue weighted by molar-refractivity contribution is -0.118. The van der Waals surface area contributed by atoms with Crippen molar-refractivity contribution >= 4 is 39.8 Å². The van der Waals surface area contributed by atoms with Crippen molar-refractivity contribution in [2.45, 2.75) is 12.7 Å². The van der Waals surface area contributed by atoms with Gasteiger partial charge in [0.1, 0.15) is 0 Å². The fourth-order valence-corrected chi connectivity index (χ4v) is 2.95. The van der Waals surface area contributed by atoms with E-state index in [1.165, 1.54) is 11.1 Å². The molecule has 0 saturated heterocycles. The largest absolute Gasteiger partial charge is 0.272 e. The lowest BCUT2D eigenvalue weighted by Gasteiger charge is -2.04. The molecule has 2 aromatic rings. The van der Waals surface area contributed by atoms with E-state index in [9.17, 15) is 4.79 Å². The van der Waals surface area contributed by atoms with Gasteiger partial charge in [0.2, 0.25) is 5.91 Å². The van der Waals surface area contributed by atoms with E-state index in [1.54, 1.807) is 18.0 Å². The van der Waals surface area contributed by atoms with Crippen LogP contribution in [0.4, 0.5) is 0 Å². The summed E-state index contributed by atoms with van der Waals surface area (Å²) in [5, 5.41) is 3.96. The smallest absolute Gasteiger partial charge is 0.250 e. The predicted octanol–water partition coefficient (Wildman–Crippen LogP) is 4.14. The third-order valence-electron chi connectivity index (χ3n) is 3.02. The van der Waals surface area contributed by atoms with Crippen LogP contribution in [0.25, 0.3) is 0 Å². The molecule has 0 spiro atoms. The summed E-state index contributed by atoms with van der Waals surface area (Å²) in [6.45, 7) is 2.08. The van der Waals surface area contributed by atoms with E-state index in [2.05, 4.69) is 45.5 Å². The summed E-state index contributed by atoms with van der Waals surface area (Å²) in [5.41, 5.74) is 6.00. The summed E-state index contributed by atoms with van der Waals surface area (Å²) in [5.74, 6) is 1.13. The zero-order chi connectivity index (χ0) is 15.8. The van der Waals surface area contributed by atoms with Crippen LogP contribution in [0.3, 0.4) is 0 Å². The van der Waals surface area contributed by atoms with Crippen LogP contribution in [0.1, 0.15) is 16.7 Å². The summed E-state index contributed by atoms with van der Waals surface area (Å²) in [4.78, 5) is 11.7. The van der Waals surface area contributed by atoms with Crippen LogP contribution in [0.2, 0.25) is 0 Å². The minimum atomic E-state index is -0.0908. The number of hydrogen-bond acceptors (Lipinski definition) is 3. The molecule has 22 heavy (non-hydrogen) atoms. The highest BCUT2D eigenvalue weighted by Crippen LogP contribution is 2.15. The van der Waals surface area contributed by atoms with Crippen LogP contribution >= 0.6 is 27.7 Å². The van der Waals surface area contributed by atoms with Crippen molar-refractivity contribution in [2.75, 3.05) is 5.75 Å². The second kappa shape index (κ2) is 8.76. The molecule has 0 radical (unpaired) electrons. The number of rotatable bonds is 6. The molecular formula is C17H17BrN2OS. The minimum absolute atomic E-state index is 0.0908. The van der Waals surface area contributed by atoms with Gasteiger partial charge in [-0.1, -0.05) is 52.3 Å². The van der Waals surface area contributed by atoms with Crippen LogP contribution in [0, 0.1) is 6.92 Å². The van der Waals surface area contributed by atoms with E-state index in [0.29, 0.717) is 5.75 Å². The zero-order valence-corrected chi connectivity index (χ0v) is 14.7. The normalized spacial score (nSPS) is 10.8. The Hall–Kier alpha value is -1.59. The van der Waals surface area contributed by atoms with Crippen LogP contribution in [0.15, 0.2) is 58.1 Å². The Morgan fingerprint density at radius 2 is 1.95 bits per heavy atom. The third-order valence-corrected chi connectivity index (χ3v) is 4.53. The van der Waals surface area contributed by atoms with Crippen LogP contribution in [0.5, 0.6) is 0 Å². The number of carbonyl (C=O) groups excluding carboxylic acids is 1. The van der Waals surface area contributed by atoms with Gasteiger partial charge in [0.25, 0.3) is 0 Å². The van der Waals surface area contributed by atoms with Crippen molar-refractivity contribution in [3.63, 3.8) is 0 Å². The number of benzene rings is 2. The first kappa shape index (κ1) is 16.8. The number of nitrogens with zero attached hydrogens (tertiary/aromatic N) is 1. The zero-order valence-electron chi connectivity index (χ0n) is 12.3. The quantitative estimate of drug-likeness (QED) is 0.607. The number of halogens is 1. The van der Waals surface area contributed by atoms with Gasteiger partial charge in [0.05, 0.1) is 12.0 Å². The van der Waals surface area contributed by atoms with Gasteiger partial charge in [-0.2, -0.15) is 5.10 Å². The highest BCUT2D eigenvalue weighted by atomic mass is 79.9. The molecule has 0 heterocycles. The summed E-state index contributed by atoms with van der Waals surface area (Å²) >= 11 is 4.96. The number of hydrogen-bond donors (Lipinski definition) is 1. The van der Waals surface area contributed by atoms with Gasteiger partial charge >= 0.3 is 0 Å². The SMILES string of the molecule is Cc1ccccc1CSCC(=O)N/N=C\c1ccc(Br)cc1. The van der Waals surface area contributed by atoms with Crippen molar-refractivity contribution in [3.8, 4) is 0 Å². The molecule has 3 nitrogen and oxygen atoms in total. The molecule has 0 aliphatic carbocycles. The van der Waals surface area contributed by atoms with Gasteiger partial charge in [-0.05, 0) is 35.7 Å². The molecule has 1 N–H and O–H groups in total. The lowest BCUT2D eigenvalue weighted by Crippen LogP contribution is -2.19. The number of amides is 1. The van der Waals surface area contributed by atoms with Crippen molar-refractivity contribution in [1.29, 1.82) is 0 Å². The van der Waals surface area contributed by atoms with Crippen molar-refractivity contribution in [3.05, 3.63) is 69.7 Å². The van der Waals surface area contributed by atoms with Gasteiger partial charge < -0.3 is 0 Å². The molecule has 114 valence electrons. The fourth-order valence-electron chi connectivity index (χ4n) is 1.79. The van der Waals surface area contributed by atoms with Crippen LogP contribution < -0.4 is 5.43 Å². The molecule has 0 atom stereocenters. The Morgan fingerprint density at radius 3 is 2.68 bits per heavy atom. The standard InChI is InChI=1S/C17H17BrN2OS/c1-13-4-2-3-5-15(13)11-22-12-17(21)20-19-10-14-6-8-16(18)9-7-14/h2-10H,11-12H2,1H3,(H,20,21)/b19-10-. The maximum absolute atomic E-state index is 11.7. The molecule has 0 aliphatic rings. The summed E-state index contributed by atoms with van der Waals surface area (Å²) in [7, 11) is 0. The van der Waals surface area contributed by atoms with Crippen molar-refractivity contribution < 1.29 is 4.79 Å². The average molecular weight is 377 g/mol. The topological polar surface area (TPSA) is 41.5 Å². The summed E-state index contributed by atoms with van der Waals surface area (Å²) in [6.07, 6.45) is 1.64. The molecule has 2 rings (SSSR count). The third kappa shape index (κ3) is 5.66. The molecular weight excluding hydrogens is 360 g/mol. The van der Waals surface area contributed by atoms with Gasteiger partial charge in [-0.15, -0.1) is 11.8 Å². The average Bonchev–Trinajstić information content (AvgIpc) is 2.51. The van der Waals surface area contributed by atoms with Gasteiger partial charge in [0.15, 0.2) is 0 Å². The first-order valence-electron chi connectivity index (χ1n) is 6.85. The summed E-state index contributed by atoms with van der Waals surface area (Å²) in [6, 6.07) is 15.9. The Kier molecular flexibility index (Phi) is 6.68. The van der Waals surface area contributed by atoms with Crippen molar-refractivity contribution in [2.24, 2.45) is 5.10 Å². The number of aryl methyl sites for hydroxylation is 1. The maximum atomic E-state index is 11.7. The first-order valence-corrected chi connectivity index (χ1v) is 8.79. The molecule has 0 unspecified atom stereocenters. The number of nitrogens with one attached hydrogen (secondary N) is 1. The second-order valence-corrected chi connectivity index (χ2v) is 6.67. The highest BCUT2D eigenvalue weighted by molar-refractivity contribution is 9.10. The van der Waals surface area contributed by atoms with Gasteiger partial charge in [-0.3, -0.25) is 4.79 Å². The van der Waals surface area contributed by atoms with E-state index in [4.69, 9.17) is 0 Å². The highest BCUT2D eigenvalue weighted by Gasteiger charge is 2.02. The summed E-state index contributed by atoms with van der Waals surface area (Å²) < 4.78 is 1.02. The maximum Gasteiger partial charge on any atom is 0.250 e. The Balaban J connectivity index is 1.72. The number of carbonyl (C=O) groups is 1.